The zero-order valence-electron chi connectivity index (χ0n) is 15.4. The van der Waals surface area contributed by atoms with E-state index in [1.807, 2.05) is 18.2 Å². The predicted octanol–water partition coefficient (Wildman–Crippen LogP) is 3.10. The summed E-state index contributed by atoms with van der Waals surface area (Å²) in [4.78, 5) is 13.8. The van der Waals surface area contributed by atoms with Crippen LogP contribution in [0.3, 0.4) is 0 Å². The first-order chi connectivity index (χ1) is 13.2. The van der Waals surface area contributed by atoms with Crippen LogP contribution in [0.4, 0.5) is 0 Å². The Kier molecular flexibility index (Phi) is 4.96. The van der Waals surface area contributed by atoms with Crippen LogP contribution < -0.4 is 5.32 Å². The van der Waals surface area contributed by atoms with Gasteiger partial charge in [0.1, 0.15) is 6.54 Å². The number of benzene rings is 2. The third-order valence-electron chi connectivity index (χ3n) is 5.06. The van der Waals surface area contributed by atoms with Crippen LogP contribution in [0.1, 0.15) is 42.5 Å². The first-order valence-corrected chi connectivity index (χ1v) is 9.47. The number of aromatic nitrogens is 4. The maximum absolute atomic E-state index is 12.5. The second kappa shape index (κ2) is 7.70. The molecule has 1 N–H and O–H groups in total. The first kappa shape index (κ1) is 17.4. The topological polar surface area (TPSA) is 72.7 Å². The highest BCUT2D eigenvalue weighted by Crippen LogP contribution is 2.29. The summed E-state index contributed by atoms with van der Waals surface area (Å²) >= 11 is 0. The molecule has 27 heavy (non-hydrogen) atoms. The van der Waals surface area contributed by atoms with Gasteiger partial charge in [0, 0.05) is 5.56 Å². The summed E-state index contributed by atoms with van der Waals surface area (Å²) < 4.78 is 0. The van der Waals surface area contributed by atoms with Gasteiger partial charge in [0.25, 0.3) is 0 Å². The molecule has 6 nitrogen and oxygen atoms in total. The number of hydrogen-bond donors (Lipinski definition) is 1. The molecule has 1 atom stereocenters. The Bertz CT molecular complexity index is 932. The lowest BCUT2D eigenvalue weighted by Crippen LogP contribution is -2.34. The lowest BCUT2D eigenvalue weighted by atomic mass is 9.88. The highest BCUT2D eigenvalue weighted by Gasteiger charge is 2.21. The third kappa shape index (κ3) is 3.89. The van der Waals surface area contributed by atoms with Crippen molar-refractivity contribution in [2.24, 2.45) is 0 Å². The van der Waals surface area contributed by atoms with E-state index in [9.17, 15) is 4.79 Å². The van der Waals surface area contributed by atoms with Gasteiger partial charge in [-0.25, -0.2) is 0 Å². The number of carbonyl (C=O) groups excluding carboxylic acids is 1. The number of rotatable bonds is 5. The Labute approximate surface area is 158 Å². The normalized spacial score (nSPS) is 16.0. The Morgan fingerprint density at radius 1 is 1.19 bits per heavy atom. The molecule has 0 radical (unpaired) electrons. The van der Waals surface area contributed by atoms with Crippen molar-refractivity contribution in [3.8, 4) is 11.4 Å². The number of hydrogen-bond acceptors (Lipinski definition) is 4. The van der Waals surface area contributed by atoms with Gasteiger partial charge < -0.3 is 5.32 Å². The van der Waals surface area contributed by atoms with Crippen LogP contribution in [-0.4, -0.2) is 26.1 Å². The Morgan fingerprint density at radius 2 is 2.00 bits per heavy atom. The standard InChI is InChI=1S/C21H23N5O/c1-2-15-10-12-17(13-11-15)21-23-25-26(24-21)14-20(27)22-19-9-5-7-16-6-3-4-8-18(16)19/h3-4,6,8,10-13,19H,2,5,7,9,14H2,1H3,(H,22,27)/t19-/m1/s1. The van der Waals surface area contributed by atoms with Crippen molar-refractivity contribution >= 4 is 5.91 Å². The molecule has 0 unspecified atom stereocenters. The van der Waals surface area contributed by atoms with Crippen molar-refractivity contribution in [3.63, 3.8) is 0 Å². The number of carbonyl (C=O) groups is 1. The fraction of sp³-hybridized carbons (Fsp3) is 0.333. The maximum atomic E-state index is 12.5. The maximum Gasteiger partial charge on any atom is 0.244 e. The number of tetrazole rings is 1. The van der Waals surface area contributed by atoms with Gasteiger partial charge in [-0.05, 0) is 47.6 Å². The van der Waals surface area contributed by atoms with Gasteiger partial charge >= 0.3 is 0 Å². The van der Waals surface area contributed by atoms with Crippen molar-refractivity contribution < 1.29 is 4.79 Å². The second-order valence-electron chi connectivity index (χ2n) is 6.91. The van der Waals surface area contributed by atoms with Crippen LogP contribution >= 0.6 is 0 Å². The summed E-state index contributed by atoms with van der Waals surface area (Å²) in [5.74, 6) is 0.440. The third-order valence-corrected chi connectivity index (χ3v) is 5.06. The van der Waals surface area contributed by atoms with E-state index in [2.05, 4.69) is 58.0 Å². The molecule has 0 fully saturated rings. The molecule has 4 rings (SSSR count). The Morgan fingerprint density at radius 3 is 2.81 bits per heavy atom. The van der Waals surface area contributed by atoms with Gasteiger partial charge in [-0.2, -0.15) is 4.80 Å². The molecule has 1 heterocycles. The van der Waals surface area contributed by atoms with E-state index in [-0.39, 0.29) is 18.5 Å². The summed E-state index contributed by atoms with van der Waals surface area (Å²) in [6, 6.07) is 16.5. The van der Waals surface area contributed by atoms with Crippen LogP contribution in [0.5, 0.6) is 0 Å². The minimum Gasteiger partial charge on any atom is -0.348 e. The summed E-state index contributed by atoms with van der Waals surface area (Å²) in [6.07, 6.45) is 4.11. The SMILES string of the molecule is CCc1ccc(-c2nnn(CC(=O)N[C@@H]3CCCc4ccccc43)n2)cc1. The number of fused-ring (bicyclic) bond motifs is 1. The molecule has 138 valence electrons. The van der Waals surface area contributed by atoms with Crippen molar-refractivity contribution in [2.45, 2.75) is 45.2 Å². The monoisotopic (exact) mass is 361 g/mol. The van der Waals surface area contributed by atoms with Crippen LogP contribution in [0.25, 0.3) is 11.4 Å². The average Bonchev–Trinajstić information content (AvgIpc) is 3.16. The van der Waals surface area contributed by atoms with Crippen LogP contribution in [0.15, 0.2) is 48.5 Å². The van der Waals surface area contributed by atoms with Gasteiger partial charge in [-0.3, -0.25) is 4.79 Å². The number of nitrogens with one attached hydrogen (secondary N) is 1. The van der Waals surface area contributed by atoms with Gasteiger partial charge in [0.15, 0.2) is 0 Å². The molecule has 0 bridgehead atoms. The highest BCUT2D eigenvalue weighted by atomic mass is 16.2. The number of amides is 1. The Hall–Kier alpha value is -3.02. The molecule has 3 aromatic rings. The smallest absolute Gasteiger partial charge is 0.244 e. The van der Waals surface area contributed by atoms with Crippen LogP contribution in [-0.2, 0) is 24.2 Å². The lowest BCUT2D eigenvalue weighted by molar-refractivity contribution is -0.122. The average molecular weight is 361 g/mol. The molecule has 6 heteroatoms. The summed E-state index contributed by atoms with van der Waals surface area (Å²) in [7, 11) is 0. The fourth-order valence-corrected chi connectivity index (χ4v) is 3.59. The first-order valence-electron chi connectivity index (χ1n) is 9.47. The largest absolute Gasteiger partial charge is 0.348 e. The molecule has 1 aromatic heterocycles. The summed E-state index contributed by atoms with van der Waals surface area (Å²) in [5.41, 5.74) is 4.71. The molecule has 0 saturated carbocycles. The fourth-order valence-electron chi connectivity index (χ4n) is 3.59. The molecule has 1 amide bonds. The summed E-state index contributed by atoms with van der Waals surface area (Å²) in [5, 5.41) is 15.6. The van der Waals surface area contributed by atoms with E-state index in [1.165, 1.54) is 21.5 Å². The zero-order valence-corrected chi connectivity index (χ0v) is 15.4. The quantitative estimate of drug-likeness (QED) is 0.758. The van der Waals surface area contributed by atoms with Crippen molar-refractivity contribution in [1.29, 1.82) is 0 Å². The number of aryl methyl sites for hydroxylation is 2. The van der Waals surface area contributed by atoms with E-state index in [0.717, 1.165) is 31.2 Å². The molecule has 0 saturated heterocycles. The van der Waals surface area contributed by atoms with Gasteiger partial charge in [-0.15, -0.1) is 10.2 Å². The minimum absolute atomic E-state index is 0.0621. The van der Waals surface area contributed by atoms with Crippen LogP contribution in [0.2, 0.25) is 0 Å². The van der Waals surface area contributed by atoms with Gasteiger partial charge in [0.05, 0.1) is 6.04 Å². The van der Waals surface area contributed by atoms with E-state index >= 15 is 0 Å². The number of nitrogens with zero attached hydrogens (tertiary/aromatic N) is 4. The molecular weight excluding hydrogens is 338 g/mol. The van der Waals surface area contributed by atoms with Gasteiger partial charge in [0.2, 0.25) is 11.7 Å². The van der Waals surface area contributed by atoms with E-state index in [0.29, 0.717) is 5.82 Å². The van der Waals surface area contributed by atoms with Crippen molar-refractivity contribution in [3.05, 3.63) is 65.2 Å². The molecular formula is C21H23N5O. The Balaban J connectivity index is 1.41. The van der Waals surface area contributed by atoms with E-state index < -0.39 is 0 Å². The van der Waals surface area contributed by atoms with Crippen molar-refractivity contribution in [1.82, 2.24) is 25.5 Å². The van der Waals surface area contributed by atoms with Crippen LogP contribution in [0, 0.1) is 0 Å². The zero-order chi connectivity index (χ0) is 18.6. The minimum atomic E-state index is -0.0954. The molecule has 1 aliphatic carbocycles. The molecule has 0 spiro atoms. The van der Waals surface area contributed by atoms with E-state index in [4.69, 9.17) is 0 Å². The van der Waals surface area contributed by atoms with Gasteiger partial charge in [-0.1, -0.05) is 55.5 Å². The van der Waals surface area contributed by atoms with E-state index in [1.54, 1.807) is 0 Å². The van der Waals surface area contributed by atoms with Crippen molar-refractivity contribution in [2.75, 3.05) is 0 Å². The predicted molar refractivity (Wildman–Crippen MR) is 103 cm³/mol. The second-order valence-corrected chi connectivity index (χ2v) is 6.91. The molecule has 2 aromatic carbocycles. The molecule has 0 aliphatic heterocycles. The molecule has 1 aliphatic rings. The highest BCUT2D eigenvalue weighted by molar-refractivity contribution is 5.76. The lowest BCUT2D eigenvalue weighted by Gasteiger charge is -2.26. The summed E-state index contributed by atoms with van der Waals surface area (Å²) in [6.45, 7) is 2.19.